The minimum Gasteiger partial charge on any atom is -0.252 e. The summed E-state index contributed by atoms with van der Waals surface area (Å²) in [6, 6.07) is 16.8. The van der Waals surface area contributed by atoms with Gasteiger partial charge < -0.3 is 0 Å². The van der Waals surface area contributed by atoms with E-state index in [1.54, 1.807) is 11.3 Å². The Bertz CT molecular complexity index is 871. The Balaban J connectivity index is 0.00000169. The lowest BCUT2D eigenvalue weighted by Gasteiger charge is -2.02. The number of benzene rings is 2. The minimum atomic E-state index is 0. The topological polar surface area (TPSA) is 37.3 Å². The van der Waals surface area contributed by atoms with E-state index in [9.17, 15) is 0 Å². The highest BCUT2D eigenvalue weighted by atomic mass is 35.5. The smallest absolute Gasteiger partial charge is 0.203 e. The number of rotatable bonds is 3. The van der Waals surface area contributed by atoms with Crippen LogP contribution in [0.3, 0.4) is 0 Å². The summed E-state index contributed by atoms with van der Waals surface area (Å²) in [5, 5.41) is 7.48. The lowest BCUT2D eigenvalue weighted by molar-refractivity contribution is 1.08. The molecule has 122 valence electrons. The van der Waals surface area contributed by atoms with Crippen molar-refractivity contribution in [1.29, 1.82) is 0 Å². The number of nitrogens with one attached hydrogen (secondary N) is 1. The first-order chi connectivity index (χ1) is 11.3. The van der Waals surface area contributed by atoms with Gasteiger partial charge in [0, 0.05) is 16.5 Å². The number of hydrogen-bond donors (Lipinski definition) is 1. The van der Waals surface area contributed by atoms with E-state index in [0.717, 1.165) is 34.9 Å². The summed E-state index contributed by atoms with van der Waals surface area (Å²) < 4.78 is 0. The Labute approximate surface area is 151 Å². The maximum atomic E-state index is 4.61. The van der Waals surface area contributed by atoms with Gasteiger partial charge in [-0.15, -0.1) is 23.7 Å². The number of hydrogen-bond acceptors (Lipinski definition) is 4. The molecule has 2 aromatic carbocycles. The number of fused-ring (bicyclic) bond motifs is 1. The molecule has 0 amide bonds. The highest BCUT2D eigenvalue weighted by molar-refractivity contribution is 7.14. The van der Waals surface area contributed by atoms with Crippen LogP contribution in [0.2, 0.25) is 0 Å². The molecule has 3 aromatic rings. The molecule has 24 heavy (non-hydrogen) atoms. The molecule has 0 radical (unpaired) electrons. The second-order valence-electron chi connectivity index (χ2n) is 5.73. The van der Waals surface area contributed by atoms with Gasteiger partial charge in [0.1, 0.15) is 0 Å². The molecule has 0 saturated heterocycles. The molecule has 4 rings (SSSR count). The fourth-order valence-corrected chi connectivity index (χ4v) is 3.56. The lowest BCUT2D eigenvalue weighted by atomic mass is 10.1. The Morgan fingerprint density at radius 2 is 1.92 bits per heavy atom. The van der Waals surface area contributed by atoms with Gasteiger partial charge in [-0.25, -0.2) is 4.98 Å². The summed E-state index contributed by atoms with van der Waals surface area (Å²) in [5.74, 6) is 0. The number of thiazole rings is 1. The average molecular weight is 356 g/mol. The number of anilines is 1. The monoisotopic (exact) mass is 355 g/mol. The van der Waals surface area contributed by atoms with Gasteiger partial charge in [0.05, 0.1) is 11.4 Å². The molecule has 0 atom stereocenters. The largest absolute Gasteiger partial charge is 0.252 e. The SMILES string of the molecule is Cc1ccc2c(c1)CC/C2=N\Nc1nc(-c2ccccc2)cs1.Cl. The first-order valence-electron chi connectivity index (χ1n) is 7.73. The van der Waals surface area contributed by atoms with E-state index in [1.807, 2.05) is 18.2 Å². The summed E-state index contributed by atoms with van der Waals surface area (Å²) in [4.78, 5) is 4.61. The van der Waals surface area contributed by atoms with E-state index in [2.05, 4.69) is 58.1 Å². The van der Waals surface area contributed by atoms with Crippen molar-refractivity contribution < 1.29 is 0 Å². The molecule has 0 fully saturated rings. The molecular weight excluding hydrogens is 338 g/mol. The third kappa shape index (κ3) is 3.35. The van der Waals surface area contributed by atoms with Crippen molar-refractivity contribution in [2.24, 2.45) is 5.10 Å². The van der Waals surface area contributed by atoms with Gasteiger partial charge in [-0.2, -0.15) is 5.10 Å². The second-order valence-corrected chi connectivity index (χ2v) is 6.59. The van der Waals surface area contributed by atoms with Crippen molar-refractivity contribution >= 4 is 34.6 Å². The third-order valence-electron chi connectivity index (χ3n) is 4.06. The zero-order valence-electron chi connectivity index (χ0n) is 13.3. The molecule has 1 N–H and O–H groups in total. The highest BCUT2D eigenvalue weighted by Gasteiger charge is 2.17. The first kappa shape index (κ1) is 16.7. The number of aromatic nitrogens is 1. The van der Waals surface area contributed by atoms with Crippen molar-refractivity contribution in [3.05, 3.63) is 70.6 Å². The summed E-state index contributed by atoms with van der Waals surface area (Å²) >= 11 is 1.58. The van der Waals surface area contributed by atoms with Crippen LogP contribution in [0, 0.1) is 6.92 Å². The molecule has 1 heterocycles. The zero-order chi connectivity index (χ0) is 15.6. The van der Waals surface area contributed by atoms with Crippen LogP contribution in [-0.4, -0.2) is 10.7 Å². The van der Waals surface area contributed by atoms with Crippen LogP contribution >= 0.6 is 23.7 Å². The molecule has 0 aliphatic heterocycles. The van der Waals surface area contributed by atoms with Gasteiger partial charge >= 0.3 is 0 Å². The molecule has 1 aliphatic carbocycles. The predicted molar refractivity (Wildman–Crippen MR) is 104 cm³/mol. The van der Waals surface area contributed by atoms with E-state index in [-0.39, 0.29) is 12.4 Å². The molecule has 1 aliphatic rings. The van der Waals surface area contributed by atoms with Gasteiger partial charge in [0.2, 0.25) is 5.13 Å². The van der Waals surface area contributed by atoms with Crippen LogP contribution in [0.1, 0.15) is 23.1 Å². The van der Waals surface area contributed by atoms with Gasteiger partial charge in [0.25, 0.3) is 0 Å². The Morgan fingerprint density at radius 3 is 2.75 bits per heavy atom. The number of aryl methyl sites for hydroxylation is 2. The van der Waals surface area contributed by atoms with Crippen LogP contribution in [0.25, 0.3) is 11.3 Å². The highest BCUT2D eigenvalue weighted by Crippen LogP contribution is 2.26. The first-order valence-corrected chi connectivity index (χ1v) is 8.61. The molecule has 0 spiro atoms. The summed E-state index contributed by atoms with van der Waals surface area (Å²) in [7, 11) is 0. The van der Waals surface area contributed by atoms with E-state index >= 15 is 0 Å². The maximum absolute atomic E-state index is 4.61. The van der Waals surface area contributed by atoms with E-state index in [0.29, 0.717) is 0 Å². The molecule has 3 nitrogen and oxygen atoms in total. The maximum Gasteiger partial charge on any atom is 0.203 e. The van der Waals surface area contributed by atoms with E-state index in [4.69, 9.17) is 0 Å². The minimum absolute atomic E-state index is 0. The van der Waals surface area contributed by atoms with Crippen molar-refractivity contribution in [2.75, 3.05) is 5.43 Å². The Hall–Kier alpha value is -2.17. The van der Waals surface area contributed by atoms with Crippen molar-refractivity contribution in [3.63, 3.8) is 0 Å². The second kappa shape index (κ2) is 7.16. The van der Waals surface area contributed by atoms with E-state index < -0.39 is 0 Å². The Morgan fingerprint density at radius 1 is 1.08 bits per heavy atom. The zero-order valence-corrected chi connectivity index (χ0v) is 15.0. The van der Waals surface area contributed by atoms with Crippen LogP contribution < -0.4 is 5.43 Å². The fourth-order valence-electron chi connectivity index (χ4n) is 2.90. The summed E-state index contributed by atoms with van der Waals surface area (Å²) in [6.45, 7) is 2.13. The molecule has 0 unspecified atom stereocenters. The van der Waals surface area contributed by atoms with Gasteiger partial charge in [0.15, 0.2) is 0 Å². The van der Waals surface area contributed by atoms with Gasteiger partial charge in [-0.3, -0.25) is 5.43 Å². The molecule has 5 heteroatoms. The van der Waals surface area contributed by atoms with Crippen LogP contribution in [-0.2, 0) is 6.42 Å². The standard InChI is InChI=1S/C19H17N3S.ClH/c1-13-7-9-16-15(11-13)8-10-17(16)21-22-19-20-18(12-23-19)14-5-3-2-4-6-14;/h2-7,9,11-12H,8,10H2,1H3,(H,20,22);1H/b21-17+;. The lowest BCUT2D eigenvalue weighted by Crippen LogP contribution is -1.99. The normalized spacial score (nSPS) is 14.3. The predicted octanol–water partition coefficient (Wildman–Crippen LogP) is 5.30. The molecule has 0 saturated carbocycles. The summed E-state index contributed by atoms with van der Waals surface area (Å²) in [5.41, 5.74) is 10.3. The van der Waals surface area contributed by atoms with Crippen molar-refractivity contribution in [1.82, 2.24) is 4.98 Å². The molecular formula is C19H18ClN3S. The van der Waals surface area contributed by atoms with Crippen LogP contribution in [0.5, 0.6) is 0 Å². The van der Waals surface area contributed by atoms with E-state index in [1.165, 1.54) is 16.7 Å². The molecule has 0 bridgehead atoms. The summed E-state index contributed by atoms with van der Waals surface area (Å²) in [6.07, 6.45) is 2.06. The quantitative estimate of drug-likeness (QED) is 0.647. The van der Waals surface area contributed by atoms with Gasteiger partial charge in [-0.1, -0.05) is 54.1 Å². The van der Waals surface area contributed by atoms with Crippen molar-refractivity contribution in [3.8, 4) is 11.3 Å². The molecule has 1 aromatic heterocycles. The van der Waals surface area contributed by atoms with Crippen molar-refractivity contribution in [2.45, 2.75) is 19.8 Å². The fraction of sp³-hybridized carbons (Fsp3) is 0.158. The number of hydrazone groups is 1. The van der Waals surface area contributed by atoms with Gasteiger partial charge in [-0.05, 0) is 25.3 Å². The Kier molecular flexibility index (Phi) is 4.97. The number of nitrogens with zero attached hydrogens (tertiary/aromatic N) is 2. The third-order valence-corrected chi connectivity index (χ3v) is 4.81. The van der Waals surface area contributed by atoms with Crippen LogP contribution in [0.15, 0.2) is 59.0 Å². The van der Waals surface area contributed by atoms with Crippen LogP contribution in [0.4, 0.5) is 5.13 Å². The average Bonchev–Trinajstić information content (AvgIpc) is 3.20. The number of halogens is 1.